The van der Waals surface area contributed by atoms with Crippen molar-refractivity contribution in [2.75, 3.05) is 49.2 Å². The Hall–Kier alpha value is -1.76. The van der Waals surface area contributed by atoms with Gasteiger partial charge in [0.2, 0.25) is 15.9 Å². The Morgan fingerprint density at radius 1 is 1.00 bits per heavy atom. The number of benzene rings is 1. The summed E-state index contributed by atoms with van der Waals surface area (Å²) in [5.74, 6) is -0.202. The number of carbonyl (C=O) groups is 1. The molecule has 0 atom stereocenters. The van der Waals surface area contributed by atoms with Gasteiger partial charge in [0.1, 0.15) is 6.54 Å². The standard InChI is InChI=1S/C15H25N3O3S/c1-6-17(7-2)15(19)12-18(22(5,20)21)14-10-8-13(9-11-14)16(3)4/h8-11H,6-7,12H2,1-5H3. The summed E-state index contributed by atoms with van der Waals surface area (Å²) in [6.45, 7) is 4.69. The third-order valence-electron chi connectivity index (χ3n) is 3.45. The molecule has 0 aromatic heterocycles. The van der Waals surface area contributed by atoms with Crippen molar-refractivity contribution >= 4 is 27.3 Å². The summed E-state index contributed by atoms with van der Waals surface area (Å²) in [5, 5.41) is 0. The highest BCUT2D eigenvalue weighted by molar-refractivity contribution is 7.92. The number of sulfonamides is 1. The molecule has 0 spiro atoms. The van der Waals surface area contributed by atoms with E-state index in [9.17, 15) is 13.2 Å². The van der Waals surface area contributed by atoms with Gasteiger partial charge in [-0.25, -0.2) is 8.42 Å². The summed E-state index contributed by atoms with van der Waals surface area (Å²) in [6, 6.07) is 7.09. The first-order valence-electron chi connectivity index (χ1n) is 7.23. The van der Waals surface area contributed by atoms with Crippen LogP contribution in [0.4, 0.5) is 11.4 Å². The number of carbonyl (C=O) groups excluding carboxylic acids is 1. The second-order valence-electron chi connectivity index (χ2n) is 5.25. The Morgan fingerprint density at radius 3 is 1.82 bits per heavy atom. The third-order valence-corrected chi connectivity index (χ3v) is 4.59. The van der Waals surface area contributed by atoms with Crippen LogP contribution in [0, 0.1) is 0 Å². The van der Waals surface area contributed by atoms with Crippen LogP contribution >= 0.6 is 0 Å². The van der Waals surface area contributed by atoms with Crippen LogP contribution < -0.4 is 9.21 Å². The largest absolute Gasteiger partial charge is 0.378 e. The first-order chi connectivity index (χ1) is 10.2. The molecule has 1 amide bonds. The molecule has 0 heterocycles. The molecule has 1 rings (SSSR count). The van der Waals surface area contributed by atoms with Crippen LogP contribution in [0.5, 0.6) is 0 Å². The molecular formula is C15H25N3O3S. The summed E-state index contributed by atoms with van der Waals surface area (Å²) in [5.41, 5.74) is 1.46. The number of likely N-dealkylation sites (N-methyl/N-ethyl adjacent to an activating group) is 1. The lowest BCUT2D eigenvalue weighted by Crippen LogP contribution is -2.42. The molecule has 124 valence electrons. The van der Waals surface area contributed by atoms with Crippen LogP contribution in [0.2, 0.25) is 0 Å². The van der Waals surface area contributed by atoms with Crippen LogP contribution in [0.1, 0.15) is 13.8 Å². The predicted octanol–water partition coefficient (Wildman–Crippen LogP) is 1.39. The Kier molecular flexibility index (Phi) is 6.22. The highest BCUT2D eigenvalue weighted by Crippen LogP contribution is 2.21. The summed E-state index contributed by atoms with van der Waals surface area (Å²) in [4.78, 5) is 15.8. The fourth-order valence-corrected chi connectivity index (χ4v) is 2.97. The number of amides is 1. The van der Waals surface area contributed by atoms with Crippen LogP contribution in [-0.4, -0.2) is 59.2 Å². The zero-order chi connectivity index (χ0) is 16.9. The number of rotatable bonds is 7. The van der Waals surface area contributed by atoms with E-state index >= 15 is 0 Å². The second-order valence-corrected chi connectivity index (χ2v) is 7.15. The second kappa shape index (κ2) is 7.49. The summed E-state index contributed by atoms with van der Waals surface area (Å²) >= 11 is 0. The maximum Gasteiger partial charge on any atom is 0.243 e. The minimum Gasteiger partial charge on any atom is -0.378 e. The minimum absolute atomic E-state index is 0.179. The molecule has 0 N–H and O–H groups in total. The van der Waals surface area contributed by atoms with Gasteiger partial charge in [-0.15, -0.1) is 0 Å². The van der Waals surface area contributed by atoms with E-state index in [0.717, 1.165) is 16.2 Å². The zero-order valence-electron chi connectivity index (χ0n) is 13.9. The van der Waals surface area contributed by atoms with Crippen molar-refractivity contribution < 1.29 is 13.2 Å². The molecule has 0 unspecified atom stereocenters. The van der Waals surface area contributed by atoms with Gasteiger partial charge < -0.3 is 9.80 Å². The molecule has 1 aromatic carbocycles. The average molecular weight is 327 g/mol. The van der Waals surface area contributed by atoms with E-state index in [-0.39, 0.29) is 12.5 Å². The summed E-state index contributed by atoms with van der Waals surface area (Å²) in [7, 11) is 0.296. The first kappa shape index (κ1) is 18.3. The van der Waals surface area contributed by atoms with Crippen LogP contribution in [0.3, 0.4) is 0 Å². The van der Waals surface area contributed by atoms with Crippen molar-refractivity contribution in [1.82, 2.24) is 4.90 Å². The Balaban J connectivity index is 3.07. The fraction of sp³-hybridized carbons (Fsp3) is 0.533. The molecule has 22 heavy (non-hydrogen) atoms. The molecule has 0 aliphatic carbocycles. The lowest BCUT2D eigenvalue weighted by molar-refractivity contribution is -0.129. The van der Waals surface area contributed by atoms with Gasteiger partial charge >= 0.3 is 0 Å². The predicted molar refractivity (Wildman–Crippen MR) is 90.9 cm³/mol. The van der Waals surface area contributed by atoms with Crippen LogP contribution in [0.25, 0.3) is 0 Å². The molecule has 0 aliphatic heterocycles. The van der Waals surface area contributed by atoms with Gasteiger partial charge in [0, 0.05) is 32.9 Å². The third kappa shape index (κ3) is 4.62. The molecule has 0 radical (unpaired) electrons. The summed E-state index contributed by atoms with van der Waals surface area (Å²) in [6.07, 6.45) is 1.11. The molecule has 0 saturated carbocycles. The van der Waals surface area contributed by atoms with Gasteiger partial charge in [-0.2, -0.15) is 0 Å². The smallest absolute Gasteiger partial charge is 0.243 e. The topological polar surface area (TPSA) is 60.9 Å². The lowest BCUT2D eigenvalue weighted by atomic mass is 10.2. The van der Waals surface area contributed by atoms with Gasteiger partial charge in [-0.1, -0.05) is 0 Å². The maximum atomic E-state index is 12.2. The number of nitrogens with zero attached hydrogens (tertiary/aromatic N) is 3. The van der Waals surface area contributed by atoms with Gasteiger partial charge in [-0.05, 0) is 38.1 Å². The highest BCUT2D eigenvalue weighted by atomic mass is 32.2. The molecular weight excluding hydrogens is 302 g/mol. The van der Waals surface area contributed by atoms with Crippen molar-refractivity contribution in [3.8, 4) is 0 Å². The van der Waals surface area contributed by atoms with Crippen molar-refractivity contribution in [3.05, 3.63) is 24.3 Å². The van der Waals surface area contributed by atoms with Gasteiger partial charge in [0.25, 0.3) is 0 Å². The zero-order valence-corrected chi connectivity index (χ0v) is 14.7. The van der Waals surface area contributed by atoms with Crippen LogP contribution in [-0.2, 0) is 14.8 Å². The van der Waals surface area contributed by atoms with Crippen molar-refractivity contribution in [2.45, 2.75) is 13.8 Å². The van der Waals surface area contributed by atoms with Crippen molar-refractivity contribution in [2.24, 2.45) is 0 Å². The van der Waals surface area contributed by atoms with E-state index in [1.165, 1.54) is 0 Å². The maximum absolute atomic E-state index is 12.2. The van der Waals surface area contributed by atoms with E-state index in [0.29, 0.717) is 18.8 Å². The van der Waals surface area contributed by atoms with Crippen molar-refractivity contribution in [3.63, 3.8) is 0 Å². The molecule has 0 saturated heterocycles. The first-order valence-corrected chi connectivity index (χ1v) is 9.08. The van der Waals surface area contributed by atoms with Gasteiger partial charge in [0.15, 0.2) is 0 Å². The Bertz CT molecular complexity index is 593. The van der Waals surface area contributed by atoms with Crippen molar-refractivity contribution in [1.29, 1.82) is 0 Å². The monoisotopic (exact) mass is 327 g/mol. The van der Waals surface area contributed by atoms with Crippen LogP contribution in [0.15, 0.2) is 24.3 Å². The minimum atomic E-state index is -3.52. The van der Waals surface area contributed by atoms with Gasteiger partial charge in [0.05, 0.1) is 11.9 Å². The lowest BCUT2D eigenvalue weighted by Gasteiger charge is -2.26. The number of hydrogen-bond donors (Lipinski definition) is 0. The summed E-state index contributed by atoms with van der Waals surface area (Å²) < 4.78 is 25.2. The number of anilines is 2. The van der Waals surface area contributed by atoms with E-state index in [1.54, 1.807) is 17.0 Å². The average Bonchev–Trinajstić information content (AvgIpc) is 2.45. The Labute approximate surface area is 133 Å². The molecule has 0 bridgehead atoms. The molecule has 1 aromatic rings. The fourth-order valence-electron chi connectivity index (χ4n) is 2.12. The normalized spacial score (nSPS) is 11.1. The quantitative estimate of drug-likeness (QED) is 0.759. The van der Waals surface area contributed by atoms with E-state index in [2.05, 4.69) is 0 Å². The van der Waals surface area contributed by atoms with Gasteiger partial charge in [-0.3, -0.25) is 9.10 Å². The Morgan fingerprint density at radius 2 is 1.45 bits per heavy atom. The SMILES string of the molecule is CCN(CC)C(=O)CN(c1ccc(N(C)C)cc1)S(C)(=O)=O. The molecule has 7 heteroatoms. The van der Waals surface area contributed by atoms with E-state index < -0.39 is 10.0 Å². The molecule has 0 fully saturated rings. The highest BCUT2D eigenvalue weighted by Gasteiger charge is 2.23. The van der Waals surface area contributed by atoms with E-state index in [4.69, 9.17) is 0 Å². The molecule has 0 aliphatic rings. The number of hydrogen-bond acceptors (Lipinski definition) is 4. The molecule has 6 nitrogen and oxygen atoms in total. The van der Waals surface area contributed by atoms with E-state index in [1.807, 2.05) is 45.0 Å².